The Morgan fingerprint density at radius 1 is 1.00 bits per heavy atom. The molecule has 4 nitrogen and oxygen atoms in total. The molecular weight excluding hydrogens is 228 g/mol. The molecule has 0 N–H and O–H groups in total. The maximum absolute atomic E-state index is 11.3. The van der Waals surface area contributed by atoms with Crippen LogP contribution in [0.25, 0.3) is 0 Å². The van der Waals surface area contributed by atoms with E-state index < -0.39 is 0 Å². The van der Waals surface area contributed by atoms with E-state index in [1.165, 1.54) is 12.4 Å². The molecule has 0 saturated carbocycles. The molecule has 0 aromatic carbocycles. The van der Waals surface area contributed by atoms with Crippen LogP contribution < -0.4 is 0 Å². The predicted molar refractivity (Wildman–Crippen MR) is 75.1 cm³/mol. The van der Waals surface area contributed by atoms with Gasteiger partial charge in [-0.2, -0.15) is 0 Å². The Morgan fingerprint density at radius 3 is 2.17 bits per heavy atom. The van der Waals surface area contributed by atoms with E-state index in [1.807, 2.05) is 27.7 Å². The van der Waals surface area contributed by atoms with Gasteiger partial charge in [0.1, 0.15) is 5.70 Å². The second-order valence-electron chi connectivity index (χ2n) is 2.82. The molecule has 0 aliphatic carbocycles. The fraction of sp³-hybridized carbons (Fsp3) is 0.286. The van der Waals surface area contributed by atoms with E-state index in [4.69, 9.17) is 0 Å². The second kappa shape index (κ2) is 9.13. The van der Waals surface area contributed by atoms with E-state index in [2.05, 4.69) is 0 Å². The third-order valence-corrected chi connectivity index (χ3v) is 1.91. The first-order valence-corrected chi connectivity index (χ1v) is 6.16. The van der Waals surface area contributed by atoms with Gasteiger partial charge in [0.2, 0.25) is 6.20 Å². The number of rotatable bonds is 0. The molecule has 0 fully saturated rings. The van der Waals surface area contributed by atoms with Crippen LogP contribution in [0.15, 0.2) is 60.3 Å². The van der Waals surface area contributed by atoms with Crippen molar-refractivity contribution < 1.29 is 4.76 Å². The van der Waals surface area contributed by atoms with Gasteiger partial charge in [0.15, 0.2) is 0 Å². The van der Waals surface area contributed by atoms with Gasteiger partial charge >= 0.3 is 0 Å². The average Bonchev–Trinajstić information content (AvgIpc) is 2.45. The van der Waals surface area contributed by atoms with Crippen molar-refractivity contribution in [1.29, 1.82) is 0 Å². The first kappa shape index (κ1) is 16.1. The van der Waals surface area contributed by atoms with Gasteiger partial charge in [-0.1, -0.05) is 33.8 Å². The van der Waals surface area contributed by atoms with E-state index in [1.54, 1.807) is 36.5 Å². The van der Waals surface area contributed by atoms with Crippen LogP contribution in [-0.2, 0) is 0 Å². The maximum Gasteiger partial charge on any atom is 0.285 e. The molecule has 2 aliphatic rings. The second-order valence-corrected chi connectivity index (χ2v) is 2.82. The van der Waals surface area contributed by atoms with E-state index in [-0.39, 0.29) is 0 Å². The molecule has 2 rings (SSSR count). The molecule has 0 bridgehead atoms. The molecule has 2 aliphatic heterocycles. The fourth-order valence-corrected chi connectivity index (χ4v) is 1.25. The summed E-state index contributed by atoms with van der Waals surface area (Å²) in [5.74, 6) is 0. The maximum atomic E-state index is 11.3. The molecule has 2 heterocycles. The summed E-state index contributed by atoms with van der Waals surface area (Å²) < 4.78 is 0.670. The highest BCUT2D eigenvalue weighted by molar-refractivity contribution is 5.36. The van der Waals surface area contributed by atoms with E-state index >= 15 is 0 Å². The zero-order valence-electron chi connectivity index (χ0n) is 11.3. The molecule has 0 aromatic rings. The zero-order chi connectivity index (χ0) is 14.0. The first-order valence-electron chi connectivity index (χ1n) is 6.16. The monoisotopic (exact) mass is 248 g/mol. The lowest BCUT2D eigenvalue weighted by molar-refractivity contribution is -0.421. The number of hydroxylamine groups is 2. The quantitative estimate of drug-likeness (QED) is 0.609. The Morgan fingerprint density at radius 2 is 1.61 bits per heavy atom. The van der Waals surface area contributed by atoms with Gasteiger partial charge in [-0.05, 0) is 24.4 Å². The SMILES string of the molecule is CC.CC.O=[N+]1C=CC=CC1=C1C=CC=CN1[O-]. The molecular formula is C14H20N2O2. The highest BCUT2D eigenvalue weighted by atomic mass is 16.5. The fourth-order valence-electron chi connectivity index (χ4n) is 1.25. The number of nitroso groups, excluding NO2 is 1. The molecule has 0 radical (unpaired) electrons. The van der Waals surface area contributed by atoms with Crippen LogP contribution in [0.3, 0.4) is 0 Å². The van der Waals surface area contributed by atoms with Crippen LogP contribution in [-0.4, -0.2) is 9.82 Å². The van der Waals surface area contributed by atoms with E-state index in [9.17, 15) is 10.1 Å². The summed E-state index contributed by atoms with van der Waals surface area (Å²) in [7, 11) is 0. The van der Waals surface area contributed by atoms with Crippen molar-refractivity contribution >= 4 is 0 Å². The van der Waals surface area contributed by atoms with Crippen LogP contribution >= 0.6 is 0 Å². The molecule has 0 spiro atoms. The summed E-state index contributed by atoms with van der Waals surface area (Å²) in [6.07, 6.45) is 12.6. The zero-order valence-corrected chi connectivity index (χ0v) is 11.3. The predicted octanol–water partition coefficient (Wildman–Crippen LogP) is 4.00. The highest BCUT2D eigenvalue weighted by Crippen LogP contribution is 2.19. The number of allylic oxidation sites excluding steroid dienone is 6. The molecule has 0 aromatic heterocycles. The van der Waals surface area contributed by atoms with Gasteiger partial charge in [0, 0.05) is 17.1 Å². The highest BCUT2D eigenvalue weighted by Gasteiger charge is 2.20. The van der Waals surface area contributed by atoms with Crippen LogP contribution in [0.2, 0.25) is 0 Å². The molecule has 4 heteroatoms. The molecule has 0 amide bonds. The normalized spacial score (nSPS) is 20.1. The first-order chi connectivity index (χ1) is 8.79. The molecule has 98 valence electrons. The summed E-state index contributed by atoms with van der Waals surface area (Å²) >= 11 is 0. The van der Waals surface area contributed by atoms with Crippen LogP contribution in [0.1, 0.15) is 27.7 Å². The van der Waals surface area contributed by atoms with Crippen molar-refractivity contribution in [3.63, 3.8) is 0 Å². The Kier molecular flexibility index (Phi) is 8.14. The minimum atomic E-state index is 0.350. The molecule has 0 saturated heterocycles. The molecule has 18 heavy (non-hydrogen) atoms. The third kappa shape index (κ3) is 4.14. The third-order valence-electron chi connectivity index (χ3n) is 1.91. The topological polar surface area (TPSA) is 46.4 Å². The Labute approximate surface area is 108 Å². The minimum Gasteiger partial charge on any atom is -0.754 e. The van der Waals surface area contributed by atoms with Crippen molar-refractivity contribution in [3.05, 3.63) is 70.4 Å². The minimum absolute atomic E-state index is 0.350. The summed E-state index contributed by atoms with van der Waals surface area (Å²) in [5, 5.41) is 12.0. The average molecular weight is 248 g/mol. The Hall–Kier alpha value is -1.94. The summed E-state index contributed by atoms with van der Waals surface area (Å²) in [4.78, 5) is 11.3. The summed E-state index contributed by atoms with van der Waals surface area (Å²) in [6.45, 7) is 8.00. The number of hydrogen-bond acceptors (Lipinski definition) is 3. The van der Waals surface area contributed by atoms with Crippen LogP contribution in [0.5, 0.6) is 0 Å². The number of nitrogens with zero attached hydrogens (tertiary/aromatic N) is 2. The van der Waals surface area contributed by atoms with Gasteiger partial charge in [-0.15, -0.1) is 0 Å². The van der Waals surface area contributed by atoms with E-state index in [0.29, 0.717) is 21.2 Å². The van der Waals surface area contributed by atoms with Gasteiger partial charge in [-0.3, -0.25) is 0 Å². The summed E-state index contributed by atoms with van der Waals surface area (Å²) in [5.41, 5.74) is 0.700. The lowest BCUT2D eigenvalue weighted by Gasteiger charge is -2.28. The van der Waals surface area contributed by atoms with Gasteiger partial charge in [-0.25, -0.2) is 0 Å². The molecule has 0 unspecified atom stereocenters. The van der Waals surface area contributed by atoms with Crippen LogP contribution in [0, 0.1) is 10.1 Å². The number of hydrogen-bond donors (Lipinski definition) is 0. The van der Waals surface area contributed by atoms with E-state index in [0.717, 1.165) is 0 Å². The molecule has 0 atom stereocenters. The van der Waals surface area contributed by atoms with Crippen molar-refractivity contribution in [3.8, 4) is 0 Å². The van der Waals surface area contributed by atoms with Crippen molar-refractivity contribution in [2.75, 3.05) is 0 Å². The standard InChI is InChI=1S/C10H8N2O2.2C2H6/c13-11-7-3-1-5-9(11)10-6-2-4-8-12(10)14;2*1-2/h1-8H;2*1-2H3. The van der Waals surface area contributed by atoms with Gasteiger partial charge < -0.3 is 10.3 Å². The lowest BCUT2D eigenvalue weighted by Crippen LogP contribution is -2.15. The van der Waals surface area contributed by atoms with Crippen molar-refractivity contribution in [2.24, 2.45) is 0 Å². The van der Waals surface area contributed by atoms with Crippen LogP contribution in [0.4, 0.5) is 0 Å². The van der Waals surface area contributed by atoms with Gasteiger partial charge in [0.25, 0.3) is 5.70 Å². The Bertz CT molecular complexity index is 416. The summed E-state index contributed by atoms with van der Waals surface area (Å²) in [6, 6.07) is 0. The van der Waals surface area contributed by atoms with Gasteiger partial charge in [0.05, 0.1) is 4.76 Å². The smallest absolute Gasteiger partial charge is 0.285 e. The largest absolute Gasteiger partial charge is 0.754 e. The van der Waals surface area contributed by atoms with Crippen molar-refractivity contribution in [1.82, 2.24) is 5.06 Å². The van der Waals surface area contributed by atoms with Crippen molar-refractivity contribution in [2.45, 2.75) is 27.7 Å². The Balaban J connectivity index is 0.000000659. The lowest BCUT2D eigenvalue weighted by atomic mass is 10.2.